The highest BCUT2D eigenvalue weighted by atomic mass is 16.5. The van der Waals surface area contributed by atoms with Gasteiger partial charge in [-0.2, -0.15) is 0 Å². The maximum atomic E-state index is 5.05. The molecule has 13 heavy (non-hydrogen) atoms. The average molecular weight is 179 g/mol. The summed E-state index contributed by atoms with van der Waals surface area (Å²) in [5.41, 5.74) is 0.949. The molecule has 0 aromatic carbocycles. The van der Waals surface area contributed by atoms with E-state index < -0.39 is 0 Å². The third-order valence-corrected chi connectivity index (χ3v) is 1.63. The quantitative estimate of drug-likeness (QED) is 0.516. The molecule has 4 nitrogen and oxygen atoms in total. The largest absolute Gasteiger partial charge is 0.495 e. The summed E-state index contributed by atoms with van der Waals surface area (Å²) in [5.74, 6) is 0.744. The minimum atomic E-state index is 0.744. The van der Waals surface area contributed by atoms with E-state index in [9.17, 15) is 0 Å². The van der Waals surface area contributed by atoms with Crippen molar-refractivity contribution >= 4 is 12.0 Å². The molecule has 0 fully saturated rings. The maximum absolute atomic E-state index is 5.05. The fourth-order valence-electron chi connectivity index (χ4n) is 0.952. The van der Waals surface area contributed by atoms with Crippen LogP contribution in [0.15, 0.2) is 23.5 Å². The van der Waals surface area contributed by atoms with Gasteiger partial charge in [-0.25, -0.2) is 0 Å². The Morgan fingerprint density at radius 1 is 1.54 bits per heavy atom. The molecule has 0 saturated carbocycles. The summed E-state index contributed by atoms with van der Waals surface area (Å²) in [5, 5.41) is 0. The number of anilines is 1. The molecule has 1 aromatic rings. The Hall–Kier alpha value is -1.58. The monoisotopic (exact) mass is 179 g/mol. The van der Waals surface area contributed by atoms with Gasteiger partial charge in [0, 0.05) is 20.2 Å². The summed E-state index contributed by atoms with van der Waals surface area (Å²) < 4.78 is 5.05. The summed E-state index contributed by atoms with van der Waals surface area (Å²) in [6.45, 7) is 0. The van der Waals surface area contributed by atoms with Gasteiger partial charge in [0.2, 0.25) is 0 Å². The highest BCUT2D eigenvalue weighted by molar-refractivity contribution is 5.78. The van der Waals surface area contributed by atoms with Crippen LogP contribution < -0.4 is 9.64 Å². The molecule has 0 bridgehead atoms. The summed E-state index contributed by atoms with van der Waals surface area (Å²) in [6.07, 6.45) is 5.14. The first-order valence-corrected chi connectivity index (χ1v) is 3.92. The molecule has 0 atom stereocenters. The minimum Gasteiger partial charge on any atom is -0.495 e. The van der Waals surface area contributed by atoms with Crippen LogP contribution in [0.3, 0.4) is 0 Å². The fourth-order valence-corrected chi connectivity index (χ4v) is 0.952. The molecular weight excluding hydrogens is 166 g/mol. The molecule has 0 unspecified atom stereocenters. The molecule has 70 valence electrons. The van der Waals surface area contributed by atoms with Crippen molar-refractivity contribution < 1.29 is 4.74 Å². The molecule has 0 amide bonds. The first-order valence-electron chi connectivity index (χ1n) is 3.92. The second kappa shape index (κ2) is 4.45. The van der Waals surface area contributed by atoms with Crippen molar-refractivity contribution in [3.8, 4) is 5.75 Å². The highest BCUT2D eigenvalue weighted by Gasteiger charge is 1.99. The van der Waals surface area contributed by atoms with Gasteiger partial charge < -0.3 is 9.64 Å². The second-order valence-electron chi connectivity index (χ2n) is 2.57. The first-order chi connectivity index (χ1) is 6.27. The number of methoxy groups -OCH3 is 1. The number of hydrogen-bond acceptors (Lipinski definition) is 3. The SMILES string of the molecule is CN=CN(C)c1cncc(OC)c1. The molecule has 1 rings (SSSR count). The Morgan fingerprint density at radius 3 is 2.92 bits per heavy atom. The molecule has 0 saturated heterocycles. The van der Waals surface area contributed by atoms with E-state index in [-0.39, 0.29) is 0 Å². The van der Waals surface area contributed by atoms with Gasteiger partial charge >= 0.3 is 0 Å². The van der Waals surface area contributed by atoms with Crippen LogP contribution in [0.5, 0.6) is 5.75 Å². The minimum absolute atomic E-state index is 0.744. The summed E-state index contributed by atoms with van der Waals surface area (Å²) in [4.78, 5) is 9.80. The Balaban J connectivity index is 2.87. The Kier molecular flexibility index (Phi) is 3.25. The standard InChI is InChI=1S/C9H13N3O/c1-10-7-12(2)8-4-9(13-3)6-11-5-8/h4-7H,1-3H3. The number of nitrogens with zero attached hydrogens (tertiary/aromatic N) is 3. The van der Waals surface area contributed by atoms with Crippen LogP contribution in [-0.4, -0.2) is 32.5 Å². The van der Waals surface area contributed by atoms with Crippen molar-refractivity contribution in [2.45, 2.75) is 0 Å². The smallest absolute Gasteiger partial charge is 0.139 e. The predicted molar refractivity (Wildman–Crippen MR) is 53.6 cm³/mol. The van der Waals surface area contributed by atoms with Gasteiger partial charge in [0.15, 0.2) is 0 Å². The van der Waals surface area contributed by atoms with E-state index in [4.69, 9.17) is 4.74 Å². The maximum Gasteiger partial charge on any atom is 0.139 e. The predicted octanol–water partition coefficient (Wildman–Crippen LogP) is 1.18. The van der Waals surface area contributed by atoms with Crippen molar-refractivity contribution in [2.75, 3.05) is 26.1 Å². The van der Waals surface area contributed by atoms with E-state index >= 15 is 0 Å². The lowest BCUT2D eigenvalue weighted by atomic mass is 10.4. The van der Waals surface area contributed by atoms with Crippen LogP contribution in [0.2, 0.25) is 0 Å². The van der Waals surface area contributed by atoms with Gasteiger partial charge in [-0.05, 0) is 0 Å². The summed E-state index contributed by atoms with van der Waals surface area (Å²) in [7, 11) is 5.25. The lowest BCUT2D eigenvalue weighted by Crippen LogP contribution is -2.14. The molecular formula is C9H13N3O. The lowest BCUT2D eigenvalue weighted by molar-refractivity contribution is 0.413. The van der Waals surface area contributed by atoms with Gasteiger partial charge in [0.05, 0.1) is 31.5 Å². The van der Waals surface area contributed by atoms with Crippen molar-refractivity contribution in [2.24, 2.45) is 4.99 Å². The van der Waals surface area contributed by atoms with E-state index in [0.29, 0.717) is 0 Å². The van der Waals surface area contributed by atoms with Gasteiger partial charge in [-0.1, -0.05) is 0 Å². The average Bonchev–Trinajstić information content (AvgIpc) is 2.18. The molecule has 0 aliphatic heterocycles. The molecule has 1 heterocycles. The lowest BCUT2D eigenvalue weighted by Gasteiger charge is -2.12. The Bertz CT molecular complexity index is 299. The number of ether oxygens (including phenoxy) is 1. The molecule has 4 heteroatoms. The van der Waals surface area contributed by atoms with Crippen LogP contribution in [0.25, 0.3) is 0 Å². The molecule has 1 aromatic heterocycles. The van der Waals surface area contributed by atoms with Crippen LogP contribution in [0.1, 0.15) is 0 Å². The van der Waals surface area contributed by atoms with Gasteiger partial charge in [0.1, 0.15) is 5.75 Å². The molecule has 0 aliphatic rings. The first kappa shape index (κ1) is 9.51. The van der Waals surface area contributed by atoms with Crippen molar-refractivity contribution in [3.05, 3.63) is 18.5 Å². The number of pyridine rings is 1. The number of hydrogen-bond donors (Lipinski definition) is 0. The van der Waals surface area contributed by atoms with Crippen molar-refractivity contribution in [1.82, 2.24) is 4.98 Å². The zero-order valence-corrected chi connectivity index (χ0v) is 8.06. The fraction of sp³-hybridized carbons (Fsp3) is 0.333. The third kappa shape index (κ3) is 2.43. The normalized spacial score (nSPS) is 10.4. The number of rotatable bonds is 3. The second-order valence-corrected chi connectivity index (χ2v) is 2.57. The summed E-state index contributed by atoms with van der Waals surface area (Å²) >= 11 is 0. The third-order valence-electron chi connectivity index (χ3n) is 1.63. The number of aliphatic imine (C=N–C) groups is 1. The zero-order valence-electron chi connectivity index (χ0n) is 8.06. The Morgan fingerprint density at radius 2 is 2.31 bits per heavy atom. The Labute approximate surface area is 77.9 Å². The molecule has 0 radical (unpaired) electrons. The highest BCUT2D eigenvalue weighted by Crippen LogP contribution is 2.16. The van der Waals surface area contributed by atoms with Crippen molar-refractivity contribution in [1.29, 1.82) is 0 Å². The molecule has 0 N–H and O–H groups in total. The van der Waals surface area contributed by atoms with Gasteiger partial charge in [0.25, 0.3) is 0 Å². The zero-order chi connectivity index (χ0) is 9.68. The molecule has 0 spiro atoms. The van der Waals surface area contributed by atoms with E-state index in [1.54, 1.807) is 32.9 Å². The van der Waals surface area contributed by atoms with Crippen LogP contribution in [-0.2, 0) is 0 Å². The van der Waals surface area contributed by atoms with Crippen molar-refractivity contribution in [3.63, 3.8) is 0 Å². The van der Waals surface area contributed by atoms with Gasteiger partial charge in [-0.15, -0.1) is 0 Å². The van der Waals surface area contributed by atoms with E-state index in [0.717, 1.165) is 11.4 Å². The van der Waals surface area contributed by atoms with E-state index in [2.05, 4.69) is 9.98 Å². The van der Waals surface area contributed by atoms with Gasteiger partial charge in [-0.3, -0.25) is 9.98 Å². The van der Waals surface area contributed by atoms with Crippen LogP contribution >= 0.6 is 0 Å². The van der Waals surface area contributed by atoms with Crippen LogP contribution in [0.4, 0.5) is 5.69 Å². The summed E-state index contributed by atoms with van der Waals surface area (Å²) in [6, 6.07) is 1.90. The number of aromatic nitrogens is 1. The van der Waals surface area contributed by atoms with E-state index in [1.807, 2.05) is 18.0 Å². The van der Waals surface area contributed by atoms with Crippen LogP contribution in [0, 0.1) is 0 Å². The van der Waals surface area contributed by atoms with E-state index in [1.165, 1.54) is 0 Å². The molecule has 0 aliphatic carbocycles. The topological polar surface area (TPSA) is 37.7 Å².